The molecule has 1 aromatic carbocycles. The van der Waals surface area contributed by atoms with E-state index in [-0.39, 0.29) is 53.0 Å². The molecule has 0 saturated carbocycles. The van der Waals surface area contributed by atoms with Gasteiger partial charge in [0, 0.05) is 29.2 Å². The number of rotatable bonds is 5. The SMILES string of the molecule is CCN1C(=O)C2CC=C3C(C=Cc4cc(OC)c(O)c(OC)c4)C4=C(CC3C2C1=O)C(=O)C(C)=CC4=O. The smallest absolute Gasteiger partial charge is 0.233 e. The number of ether oxygens (including phenoxy) is 2. The molecule has 1 saturated heterocycles. The number of aromatic hydroxyl groups is 1. The third-order valence-corrected chi connectivity index (χ3v) is 8.00. The fourth-order valence-corrected chi connectivity index (χ4v) is 6.25. The molecule has 1 aromatic rings. The van der Waals surface area contributed by atoms with Gasteiger partial charge in [-0.2, -0.15) is 0 Å². The zero-order chi connectivity index (χ0) is 26.6. The highest BCUT2D eigenvalue weighted by Gasteiger charge is 2.55. The van der Waals surface area contributed by atoms with Crippen molar-refractivity contribution in [1.82, 2.24) is 4.90 Å². The van der Waals surface area contributed by atoms with Crippen LogP contribution in [0.25, 0.3) is 6.08 Å². The van der Waals surface area contributed by atoms with Crippen LogP contribution in [0.4, 0.5) is 0 Å². The van der Waals surface area contributed by atoms with Gasteiger partial charge in [-0.25, -0.2) is 0 Å². The number of amides is 2. The lowest BCUT2D eigenvalue weighted by atomic mass is 9.60. The van der Waals surface area contributed by atoms with Gasteiger partial charge in [-0.3, -0.25) is 24.1 Å². The molecule has 1 N–H and O–H groups in total. The maximum Gasteiger partial charge on any atom is 0.233 e. The monoisotopic (exact) mass is 503 g/mol. The first-order valence-electron chi connectivity index (χ1n) is 12.4. The Hall–Kier alpha value is -3.94. The van der Waals surface area contributed by atoms with Crippen molar-refractivity contribution < 1.29 is 33.8 Å². The fraction of sp³-hybridized carbons (Fsp3) is 0.379. The van der Waals surface area contributed by atoms with Crippen LogP contribution in [-0.4, -0.2) is 54.2 Å². The minimum atomic E-state index is -0.541. The number of hydrogen-bond donors (Lipinski definition) is 1. The van der Waals surface area contributed by atoms with E-state index < -0.39 is 17.8 Å². The third-order valence-electron chi connectivity index (χ3n) is 8.00. The van der Waals surface area contributed by atoms with Crippen LogP contribution in [0.1, 0.15) is 32.3 Å². The van der Waals surface area contributed by atoms with Crippen molar-refractivity contribution in [3.8, 4) is 17.2 Å². The maximum absolute atomic E-state index is 13.3. The first-order valence-corrected chi connectivity index (χ1v) is 12.4. The van der Waals surface area contributed by atoms with Gasteiger partial charge in [0.1, 0.15) is 0 Å². The van der Waals surface area contributed by atoms with Crippen LogP contribution in [0.15, 0.2) is 52.7 Å². The summed E-state index contributed by atoms with van der Waals surface area (Å²) in [5.74, 6) is -2.27. The molecule has 37 heavy (non-hydrogen) atoms. The predicted octanol–water partition coefficient (Wildman–Crippen LogP) is 3.40. The molecule has 0 radical (unpaired) electrons. The number of carbonyl (C=O) groups is 4. The van der Waals surface area contributed by atoms with E-state index in [1.807, 2.05) is 12.2 Å². The first-order chi connectivity index (χ1) is 17.7. The van der Waals surface area contributed by atoms with Crippen molar-refractivity contribution in [2.24, 2.45) is 23.7 Å². The second kappa shape index (κ2) is 9.18. The van der Waals surface area contributed by atoms with Crippen LogP contribution >= 0.6 is 0 Å². The molecule has 192 valence electrons. The Balaban J connectivity index is 1.62. The van der Waals surface area contributed by atoms with Crippen molar-refractivity contribution in [2.45, 2.75) is 26.7 Å². The molecule has 3 aliphatic carbocycles. The van der Waals surface area contributed by atoms with Gasteiger partial charge >= 0.3 is 0 Å². The molecule has 0 bridgehead atoms. The maximum atomic E-state index is 13.3. The number of phenols is 1. The Labute approximate surface area is 214 Å². The van der Waals surface area contributed by atoms with Crippen molar-refractivity contribution in [3.63, 3.8) is 0 Å². The minimum absolute atomic E-state index is 0.121. The topological polar surface area (TPSA) is 110 Å². The summed E-state index contributed by atoms with van der Waals surface area (Å²) in [5.41, 5.74) is 2.79. The molecule has 2 amide bonds. The van der Waals surface area contributed by atoms with Crippen LogP contribution in [-0.2, 0) is 19.2 Å². The molecular formula is C29H29NO7. The summed E-state index contributed by atoms with van der Waals surface area (Å²) in [6, 6.07) is 3.29. The van der Waals surface area contributed by atoms with Gasteiger partial charge < -0.3 is 14.6 Å². The van der Waals surface area contributed by atoms with Crippen LogP contribution in [0.2, 0.25) is 0 Å². The summed E-state index contributed by atoms with van der Waals surface area (Å²) < 4.78 is 10.5. The van der Waals surface area contributed by atoms with Crippen LogP contribution in [0, 0.1) is 23.7 Å². The summed E-state index contributed by atoms with van der Waals surface area (Å²) in [6.45, 7) is 3.72. The highest BCUT2D eigenvalue weighted by Crippen LogP contribution is 2.52. The number of fused-ring (bicyclic) bond motifs is 3. The van der Waals surface area contributed by atoms with Gasteiger partial charge in [-0.05, 0) is 56.4 Å². The van der Waals surface area contributed by atoms with Crippen molar-refractivity contribution >= 4 is 29.5 Å². The van der Waals surface area contributed by atoms with Crippen molar-refractivity contribution in [1.29, 1.82) is 0 Å². The van der Waals surface area contributed by atoms with Crippen molar-refractivity contribution in [3.05, 3.63) is 58.2 Å². The van der Waals surface area contributed by atoms with Crippen LogP contribution in [0.5, 0.6) is 17.2 Å². The molecule has 1 aliphatic heterocycles. The number of hydrogen-bond acceptors (Lipinski definition) is 7. The molecule has 0 spiro atoms. The molecule has 4 unspecified atom stereocenters. The molecule has 4 aliphatic rings. The zero-order valence-electron chi connectivity index (χ0n) is 21.2. The predicted molar refractivity (Wildman–Crippen MR) is 135 cm³/mol. The highest BCUT2D eigenvalue weighted by atomic mass is 16.5. The summed E-state index contributed by atoms with van der Waals surface area (Å²) in [4.78, 5) is 54.0. The van der Waals surface area contributed by atoms with E-state index in [9.17, 15) is 24.3 Å². The van der Waals surface area contributed by atoms with E-state index in [1.165, 1.54) is 25.2 Å². The number of nitrogens with zero attached hydrogens (tertiary/aromatic N) is 1. The average molecular weight is 504 g/mol. The summed E-state index contributed by atoms with van der Waals surface area (Å²) in [5, 5.41) is 10.3. The van der Waals surface area contributed by atoms with Gasteiger partial charge in [0.05, 0.1) is 26.1 Å². The molecule has 8 heteroatoms. The van der Waals surface area contributed by atoms with Gasteiger partial charge in [0.15, 0.2) is 23.1 Å². The number of Topliss-reactive ketones (excluding diaryl/α,β-unsaturated/α-hetero) is 1. The second-order valence-electron chi connectivity index (χ2n) is 9.83. The van der Waals surface area contributed by atoms with E-state index in [1.54, 1.807) is 32.1 Å². The number of methoxy groups -OCH3 is 2. The Morgan fingerprint density at radius 2 is 1.73 bits per heavy atom. The van der Waals surface area contributed by atoms with Gasteiger partial charge in [-0.15, -0.1) is 0 Å². The Bertz CT molecular complexity index is 1340. The number of imide groups is 1. The van der Waals surface area contributed by atoms with Gasteiger partial charge in [0.25, 0.3) is 0 Å². The summed E-state index contributed by atoms with van der Waals surface area (Å²) >= 11 is 0. The molecule has 8 nitrogen and oxygen atoms in total. The second-order valence-corrected chi connectivity index (χ2v) is 9.83. The number of benzene rings is 1. The fourth-order valence-electron chi connectivity index (χ4n) is 6.25. The Morgan fingerprint density at radius 3 is 2.35 bits per heavy atom. The van der Waals surface area contributed by atoms with E-state index in [0.717, 1.165) is 5.57 Å². The van der Waals surface area contributed by atoms with Crippen LogP contribution < -0.4 is 9.47 Å². The molecule has 5 rings (SSSR count). The minimum Gasteiger partial charge on any atom is -0.502 e. The standard InChI is InChI=1S/C29H29NO7/c1-5-30-28(34)18-9-8-16-17(7-6-15-11-22(36-3)27(33)23(12-15)37-4)24-20(13-19(16)25(18)29(30)35)26(32)14(2)10-21(24)31/h6-8,10-12,17-19,25,33H,5,9,13H2,1-4H3. The number of allylic oxidation sites excluding steroid dienone is 7. The quantitative estimate of drug-likeness (QED) is 0.373. The van der Waals surface area contributed by atoms with Gasteiger partial charge in [0.2, 0.25) is 17.6 Å². The van der Waals surface area contributed by atoms with Crippen LogP contribution in [0.3, 0.4) is 0 Å². The lowest BCUT2D eigenvalue weighted by Gasteiger charge is -2.41. The molecule has 1 heterocycles. The highest BCUT2D eigenvalue weighted by molar-refractivity contribution is 6.23. The van der Waals surface area contributed by atoms with E-state index in [2.05, 4.69) is 0 Å². The largest absolute Gasteiger partial charge is 0.502 e. The van der Waals surface area contributed by atoms with Crippen molar-refractivity contribution in [2.75, 3.05) is 20.8 Å². The average Bonchev–Trinajstić information content (AvgIpc) is 3.14. The van der Waals surface area contributed by atoms with E-state index >= 15 is 0 Å². The van der Waals surface area contributed by atoms with Gasteiger partial charge in [-0.1, -0.05) is 23.8 Å². The van der Waals surface area contributed by atoms with E-state index in [0.29, 0.717) is 35.2 Å². The van der Waals surface area contributed by atoms with E-state index in [4.69, 9.17) is 9.47 Å². The lowest BCUT2D eigenvalue weighted by Crippen LogP contribution is -2.40. The number of carbonyl (C=O) groups excluding carboxylic acids is 4. The molecule has 1 fully saturated rings. The molecule has 4 atom stereocenters. The number of phenolic OH excluding ortho intramolecular Hbond substituents is 1. The zero-order valence-corrected chi connectivity index (χ0v) is 21.2. The molecular weight excluding hydrogens is 474 g/mol. The lowest BCUT2D eigenvalue weighted by molar-refractivity contribution is -0.139. The Kier molecular flexibility index (Phi) is 6.14. The normalized spacial score (nSPS) is 27.2. The Morgan fingerprint density at radius 1 is 1.05 bits per heavy atom. The summed E-state index contributed by atoms with van der Waals surface area (Å²) in [6.07, 6.45) is 7.68. The summed E-state index contributed by atoms with van der Waals surface area (Å²) in [7, 11) is 2.88. The first kappa shape index (κ1) is 24.7. The number of ketones is 2. The third kappa shape index (κ3) is 3.74. The number of likely N-dealkylation sites (tertiary alicyclic amines) is 1. The molecule has 0 aromatic heterocycles.